The highest BCUT2D eigenvalue weighted by molar-refractivity contribution is 4.88. The van der Waals surface area contributed by atoms with Crippen LogP contribution in [0.25, 0.3) is 0 Å². The van der Waals surface area contributed by atoms with Gasteiger partial charge in [-0.15, -0.1) is 0 Å². The van der Waals surface area contributed by atoms with Crippen molar-refractivity contribution in [2.24, 2.45) is 16.3 Å². The van der Waals surface area contributed by atoms with E-state index in [9.17, 15) is 9.81 Å². The molecule has 62 valence electrons. The Morgan fingerprint density at radius 1 is 1.55 bits per heavy atom. The van der Waals surface area contributed by atoms with E-state index in [2.05, 4.69) is 10.4 Å². The number of nitrogens with zero attached hydrogens (tertiary/aromatic N) is 2. The van der Waals surface area contributed by atoms with Crippen LogP contribution in [0.15, 0.2) is 10.4 Å². The van der Waals surface area contributed by atoms with Crippen molar-refractivity contribution in [3.8, 4) is 0 Å². The zero-order chi connectivity index (χ0) is 8.27. The van der Waals surface area contributed by atoms with Crippen molar-refractivity contribution in [3.63, 3.8) is 0 Å². The van der Waals surface area contributed by atoms with E-state index in [0.717, 1.165) is 0 Å². The third-order valence-corrected chi connectivity index (χ3v) is 1.91. The van der Waals surface area contributed by atoms with Gasteiger partial charge in [-0.05, 0) is 0 Å². The molecule has 1 rings (SSSR count). The first-order valence-corrected chi connectivity index (χ1v) is 3.52. The molecule has 0 saturated carbocycles. The van der Waals surface area contributed by atoms with Gasteiger partial charge in [0, 0.05) is 5.92 Å². The molecule has 0 unspecified atom stereocenters. The van der Waals surface area contributed by atoms with Crippen molar-refractivity contribution in [1.82, 2.24) is 0 Å². The van der Waals surface area contributed by atoms with Crippen LogP contribution in [-0.2, 0) is 4.74 Å². The van der Waals surface area contributed by atoms with Crippen LogP contribution in [0.1, 0.15) is 6.92 Å². The van der Waals surface area contributed by atoms with Crippen LogP contribution >= 0.6 is 0 Å². The Bertz CT molecular complexity index is 162. The highest BCUT2D eigenvalue weighted by Gasteiger charge is 2.35. The van der Waals surface area contributed by atoms with Crippen LogP contribution in [0, 0.1) is 15.7 Å². The number of hydrogen-bond donors (Lipinski definition) is 0. The normalized spacial score (nSPS) is 37.0. The molecule has 1 aliphatic rings. The maximum atomic E-state index is 10.2. The van der Waals surface area contributed by atoms with Gasteiger partial charge in [-0.3, -0.25) is 0 Å². The minimum Gasteiger partial charge on any atom is -0.373 e. The quantitative estimate of drug-likeness (QED) is 0.573. The van der Waals surface area contributed by atoms with E-state index >= 15 is 0 Å². The highest BCUT2D eigenvalue weighted by atomic mass is 16.5. The van der Waals surface area contributed by atoms with E-state index < -0.39 is 6.04 Å². The van der Waals surface area contributed by atoms with E-state index in [1.165, 1.54) is 0 Å². The molecular formula is C6H10N2O3. The average molecular weight is 158 g/mol. The lowest BCUT2D eigenvalue weighted by Gasteiger charge is -2.08. The molecule has 1 saturated heterocycles. The van der Waals surface area contributed by atoms with Gasteiger partial charge in [0.15, 0.2) is 0 Å². The van der Waals surface area contributed by atoms with Gasteiger partial charge >= 0.3 is 0 Å². The summed E-state index contributed by atoms with van der Waals surface area (Å²) in [7, 11) is 0. The van der Waals surface area contributed by atoms with Crippen LogP contribution < -0.4 is 0 Å². The molecule has 5 heteroatoms. The molecule has 0 aromatic heterocycles. The van der Waals surface area contributed by atoms with Gasteiger partial charge in [0.2, 0.25) is 0 Å². The molecule has 0 aromatic carbocycles. The minimum absolute atomic E-state index is 0.0285. The fraction of sp³-hybridized carbons (Fsp3) is 1.00. The second kappa shape index (κ2) is 3.52. The summed E-state index contributed by atoms with van der Waals surface area (Å²) in [5.74, 6) is 0.110. The monoisotopic (exact) mass is 158 g/mol. The van der Waals surface area contributed by atoms with E-state index in [0.29, 0.717) is 6.61 Å². The first-order chi connectivity index (χ1) is 5.29. The summed E-state index contributed by atoms with van der Waals surface area (Å²) in [5, 5.41) is 5.57. The summed E-state index contributed by atoms with van der Waals surface area (Å²) in [4.78, 5) is 20.1. The summed E-state index contributed by atoms with van der Waals surface area (Å²) < 4.78 is 5.12. The highest BCUT2D eigenvalue weighted by Crippen LogP contribution is 2.22. The zero-order valence-corrected chi connectivity index (χ0v) is 6.27. The third-order valence-electron chi connectivity index (χ3n) is 1.91. The number of hydrogen-bond acceptors (Lipinski definition) is 5. The molecule has 1 fully saturated rings. The molecule has 1 aliphatic heterocycles. The van der Waals surface area contributed by atoms with Gasteiger partial charge in [-0.1, -0.05) is 17.3 Å². The first-order valence-electron chi connectivity index (χ1n) is 3.52. The summed E-state index contributed by atoms with van der Waals surface area (Å²) in [6.45, 7) is 2.40. The van der Waals surface area contributed by atoms with Gasteiger partial charge < -0.3 is 4.74 Å². The predicted molar refractivity (Wildman–Crippen MR) is 39.1 cm³/mol. The Labute approximate surface area is 64.1 Å². The van der Waals surface area contributed by atoms with E-state index in [1.54, 1.807) is 0 Å². The average Bonchev–Trinajstić information content (AvgIpc) is 2.33. The van der Waals surface area contributed by atoms with Crippen LogP contribution in [-0.4, -0.2) is 25.3 Å². The van der Waals surface area contributed by atoms with Crippen LogP contribution in [0.5, 0.6) is 0 Å². The second-order valence-corrected chi connectivity index (χ2v) is 2.76. The van der Waals surface area contributed by atoms with Crippen molar-refractivity contribution < 1.29 is 4.74 Å². The number of ether oxygens (including phenoxy) is 1. The van der Waals surface area contributed by atoms with E-state index in [1.807, 2.05) is 6.92 Å². The summed E-state index contributed by atoms with van der Waals surface area (Å²) in [6, 6.07) is -0.396. The molecule has 0 aliphatic carbocycles. The van der Waals surface area contributed by atoms with Crippen molar-refractivity contribution in [2.45, 2.75) is 19.1 Å². The number of nitroso groups, excluding NO2 is 2. The Balaban J connectivity index is 2.53. The van der Waals surface area contributed by atoms with Crippen LogP contribution in [0.3, 0.4) is 0 Å². The fourth-order valence-electron chi connectivity index (χ4n) is 1.24. The summed E-state index contributed by atoms with van der Waals surface area (Å²) >= 11 is 0. The molecule has 11 heavy (non-hydrogen) atoms. The Morgan fingerprint density at radius 2 is 2.27 bits per heavy atom. The zero-order valence-electron chi connectivity index (χ0n) is 6.27. The Morgan fingerprint density at radius 3 is 2.82 bits per heavy atom. The van der Waals surface area contributed by atoms with Gasteiger partial charge in [-0.25, -0.2) is 0 Å². The first kappa shape index (κ1) is 8.26. The van der Waals surface area contributed by atoms with E-state index in [-0.39, 0.29) is 18.6 Å². The topological polar surface area (TPSA) is 68.1 Å². The lowest BCUT2D eigenvalue weighted by atomic mass is 10.0. The Hall–Kier alpha value is -0.840. The lowest BCUT2D eigenvalue weighted by Crippen LogP contribution is -2.25. The fourth-order valence-corrected chi connectivity index (χ4v) is 1.24. The maximum Gasteiger partial charge on any atom is 0.125 e. The lowest BCUT2D eigenvalue weighted by molar-refractivity contribution is 0.108. The van der Waals surface area contributed by atoms with E-state index in [4.69, 9.17) is 4.74 Å². The van der Waals surface area contributed by atoms with Gasteiger partial charge in [0.05, 0.1) is 6.61 Å². The predicted octanol–water partition coefficient (Wildman–Crippen LogP) is 0.923. The van der Waals surface area contributed by atoms with Crippen molar-refractivity contribution in [3.05, 3.63) is 9.81 Å². The van der Waals surface area contributed by atoms with Crippen molar-refractivity contribution >= 4 is 0 Å². The molecule has 0 radical (unpaired) electrons. The molecule has 5 nitrogen and oxygen atoms in total. The largest absolute Gasteiger partial charge is 0.373 e. The molecule has 3 atom stereocenters. The Kier molecular flexibility index (Phi) is 2.64. The minimum atomic E-state index is -0.396. The number of rotatable bonds is 3. The molecule has 0 N–H and O–H groups in total. The molecule has 0 spiro atoms. The van der Waals surface area contributed by atoms with Crippen molar-refractivity contribution in [1.29, 1.82) is 0 Å². The van der Waals surface area contributed by atoms with Gasteiger partial charge in [0.25, 0.3) is 0 Å². The second-order valence-electron chi connectivity index (χ2n) is 2.76. The van der Waals surface area contributed by atoms with Gasteiger partial charge in [-0.2, -0.15) is 9.81 Å². The molecule has 0 bridgehead atoms. The van der Waals surface area contributed by atoms with Gasteiger partial charge in [0.1, 0.15) is 18.7 Å². The standard InChI is InChI=1S/C6H10N2O3/c1-4-3-11-5(2-7-9)6(4)8-10/h4-6H,2-3H2,1H3/t4-,5-,6+/m1/s1. The van der Waals surface area contributed by atoms with Crippen LogP contribution in [0.4, 0.5) is 0 Å². The molecule has 0 aromatic rings. The van der Waals surface area contributed by atoms with Crippen molar-refractivity contribution in [2.75, 3.05) is 13.2 Å². The third kappa shape index (κ3) is 1.59. The van der Waals surface area contributed by atoms with Crippen LogP contribution in [0.2, 0.25) is 0 Å². The summed E-state index contributed by atoms with van der Waals surface area (Å²) in [6.07, 6.45) is -0.389. The summed E-state index contributed by atoms with van der Waals surface area (Å²) in [5.41, 5.74) is 0. The smallest absolute Gasteiger partial charge is 0.125 e. The maximum absolute atomic E-state index is 10.2. The molecule has 0 amide bonds. The SMILES string of the molecule is C[C@@H]1CO[C@H](CN=O)[C@H]1N=O. The molecular weight excluding hydrogens is 148 g/mol. The molecule has 1 heterocycles.